The minimum Gasteiger partial charge on any atom is -0.492 e. The maximum absolute atomic E-state index is 11.5. The van der Waals surface area contributed by atoms with Gasteiger partial charge < -0.3 is 14.8 Å². The second kappa shape index (κ2) is 9.58. The highest BCUT2D eigenvalue weighted by Gasteiger charge is 2.18. The summed E-state index contributed by atoms with van der Waals surface area (Å²) in [6, 6.07) is 24.6. The smallest absolute Gasteiger partial charge is 0.311 e. The van der Waals surface area contributed by atoms with Gasteiger partial charge in [0.05, 0.1) is 10.4 Å². The Kier molecular flexibility index (Phi) is 6.23. The van der Waals surface area contributed by atoms with Crippen molar-refractivity contribution in [2.75, 3.05) is 18.5 Å². The molecule has 1 aromatic heterocycles. The second-order valence-corrected chi connectivity index (χ2v) is 6.82. The van der Waals surface area contributed by atoms with Crippen molar-refractivity contribution in [2.45, 2.75) is 6.61 Å². The number of ether oxygens (including phenoxy) is 2. The summed E-state index contributed by atoms with van der Waals surface area (Å²) in [7, 11) is 0. The molecule has 0 aliphatic rings. The van der Waals surface area contributed by atoms with Crippen LogP contribution in [0.4, 0.5) is 11.4 Å². The van der Waals surface area contributed by atoms with Gasteiger partial charge in [-0.05, 0) is 29.8 Å². The van der Waals surface area contributed by atoms with Gasteiger partial charge in [-0.2, -0.15) is 0 Å². The van der Waals surface area contributed by atoms with E-state index in [0.29, 0.717) is 42.1 Å². The third kappa shape index (κ3) is 5.08. The van der Waals surface area contributed by atoms with Crippen LogP contribution >= 0.6 is 0 Å². The van der Waals surface area contributed by atoms with Gasteiger partial charge in [-0.3, -0.25) is 10.1 Å². The van der Waals surface area contributed by atoms with Crippen LogP contribution in [0.1, 0.15) is 5.56 Å². The molecule has 156 valence electrons. The van der Waals surface area contributed by atoms with Crippen LogP contribution in [0.2, 0.25) is 0 Å². The summed E-state index contributed by atoms with van der Waals surface area (Å²) >= 11 is 0. The zero-order valence-corrected chi connectivity index (χ0v) is 16.7. The predicted octanol–water partition coefficient (Wildman–Crippen LogP) is 5.21. The number of aromatic nitrogens is 1. The highest BCUT2D eigenvalue weighted by atomic mass is 16.6. The van der Waals surface area contributed by atoms with Crippen LogP contribution in [0.5, 0.6) is 11.5 Å². The number of nitrogens with zero attached hydrogens (tertiary/aromatic N) is 2. The summed E-state index contributed by atoms with van der Waals surface area (Å²) in [6.07, 6.45) is 1.27. The Morgan fingerprint density at radius 1 is 0.903 bits per heavy atom. The zero-order valence-electron chi connectivity index (χ0n) is 16.7. The first-order valence-corrected chi connectivity index (χ1v) is 9.86. The number of hydrogen-bond acceptors (Lipinski definition) is 6. The van der Waals surface area contributed by atoms with Crippen molar-refractivity contribution in [2.24, 2.45) is 0 Å². The standard InChI is InChI=1S/C24H21N3O4/c28-27(29)23-16-26-22-15-20(31-17-18-7-3-1-4-8-18)11-12-21(22)24(23)25-13-14-30-19-9-5-2-6-10-19/h1-12,15-16H,13-14,17H2,(H,25,26). The summed E-state index contributed by atoms with van der Waals surface area (Å²) in [5, 5.41) is 15.3. The summed E-state index contributed by atoms with van der Waals surface area (Å²) in [5.41, 5.74) is 2.01. The highest BCUT2D eigenvalue weighted by Crippen LogP contribution is 2.33. The topological polar surface area (TPSA) is 86.5 Å². The number of para-hydroxylation sites is 1. The molecule has 4 rings (SSSR count). The van der Waals surface area contributed by atoms with Gasteiger partial charge in [0.15, 0.2) is 0 Å². The van der Waals surface area contributed by atoms with Crippen molar-refractivity contribution in [1.29, 1.82) is 0 Å². The molecule has 3 aromatic carbocycles. The van der Waals surface area contributed by atoms with Crippen molar-refractivity contribution in [3.8, 4) is 11.5 Å². The van der Waals surface area contributed by atoms with Crippen molar-refractivity contribution in [3.05, 3.63) is 101 Å². The third-order valence-electron chi connectivity index (χ3n) is 4.68. The number of benzene rings is 3. The van der Waals surface area contributed by atoms with Crippen molar-refractivity contribution in [3.63, 3.8) is 0 Å². The van der Waals surface area contributed by atoms with Gasteiger partial charge in [0.25, 0.3) is 0 Å². The summed E-state index contributed by atoms with van der Waals surface area (Å²) in [4.78, 5) is 15.3. The lowest BCUT2D eigenvalue weighted by Crippen LogP contribution is -2.13. The maximum Gasteiger partial charge on any atom is 0.311 e. The molecule has 0 fully saturated rings. The lowest BCUT2D eigenvalue weighted by atomic mass is 10.1. The third-order valence-corrected chi connectivity index (χ3v) is 4.68. The van der Waals surface area contributed by atoms with E-state index in [2.05, 4.69) is 10.3 Å². The monoisotopic (exact) mass is 415 g/mol. The largest absolute Gasteiger partial charge is 0.492 e. The van der Waals surface area contributed by atoms with Crippen molar-refractivity contribution >= 4 is 22.3 Å². The molecule has 7 nitrogen and oxygen atoms in total. The molecule has 0 unspecified atom stereocenters. The molecule has 0 radical (unpaired) electrons. The van der Waals surface area contributed by atoms with E-state index in [1.807, 2.05) is 60.7 Å². The zero-order chi connectivity index (χ0) is 21.5. The average molecular weight is 415 g/mol. The Labute approximate surface area is 179 Å². The van der Waals surface area contributed by atoms with E-state index in [-0.39, 0.29) is 5.69 Å². The summed E-state index contributed by atoms with van der Waals surface area (Å²) in [5.74, 6) is 1.40. The Morgan fingerprint density at radius 2 is 1.65 bits per heavy atom. The fourth-order valence-corrected chi connectivity index (χ4v) is 3.18. The van der Waals surface area contributed by atoms with Gasteiger partial charge in [-0.25, -0.2) is 4.98 Å². The van der Waals surface area contributed by atoms with Crippen LogP contribution in [-0.2, 0) is 6.61 Å². The molecule has 0 aliphatic heterocycles. The highest BCUT2D eigenvalue weighted by molar-refractivity contribution is 5.96. The molecular formula is C24H21N3O4. The number of pyridine rings is 1. The van der Waals surface area contributed by atoms with E-state index in [1.165, 1.54) is 6.20 Å². The molecule has 0 saturated heterocycles. The Morgan fingerprint density at radius 3 is 2.39 bits per heavy atom. The Bertz CT molecular complexity index is 1170. The van der Waals surface area contributed by atoms with Crippen LogP contribution in [-0.4, -0.2) is 23.1 Å². The molecule has 1 N–H and O–H groups in total. The lowest BCUT2D eigenvalue weighted by Gasteiger charge is -2.12. The molecule has 4 aromatic rings. The van der Waals surface area contributed by atoms with E-state index in [9.17, 15) is 10.1 Å². The summed E-state index contributed by atoms with van der Waals surface area (Å²) in [6.45, 7) is 1.20. The van der Waals surface area contributed by atoms with Gasteiger partial charge in [-0.1, -0.05) is 48.5 Å². The molecule has 1 heterocycles. The van der Waals surface area contributed by atoms with E-state index in [0.717, 1.165) is 11.3 Å². The molecule has 0 amide bonds. The molecular weight excluding hydrogens is 394 g/mol. The molecule has 7 heteroatoms. The minimum absolute atomic E-state index is 0.0786. The SMILES string of the molecule is O=[N+]([O-])c1cnc2cc(OCc3ccccc3)ccc2c1NCCOc1ccccc1. The molecule has 0 saturated carbocycles. The number of nitro groups is 1. The first-order chi connectivity index (χ1) is 15.2. The van der Waals surface area contributed by atoms with Gasteiger partial charge in [0, 0.05) is 18.0 Å². The number of fused-ring (bicyclic) bond motifs is 1. The lowest BCUT2D eigenvalue weighted by molar-refractivity contribution is -0.384. The second-order valence-electron chi connectivity index (χ2n) is 6.82. The first kappa shape index (κ1) is 20.2. The van der Waals surface area contributed by atoms with Crippen LogP contribution < -0.4 is 14.8 Å². The molecule has 0 aliphatic carbocycles. The number of rotatable bonds is 9. The molecule has 31 heavy (non-hydrogen) atoms. The fourth-order valence-electron chi connectivity index (χ4n) is 3.18. The minimum atomic E-state index is -0.438. The van der Waals surface area contributed by atoms with Crippen LogP contribution in [0.15, 0.2) is 85.1 Å². The number of hydrogen-bond donors (Lipinski definition) is 1. The van der Waals surface area contributed by atoms with E-state index in [4.69, 9.17) is 9.47 Å². The molecule has 0 spiro atoms. The van der Waals surface area contributed by atoms with Gasteiger partial charge in [0.1, 0.15) is 36.6 Å². The van der Waals surface area contributed by atoms with E-state index >= 15 is 0 Å². The van der Waals surface area contributed by atoms with Crippen molar-refractivity contribution < 1.29 is 14.4 Å². The number of anilines is 1. The van der Waals surface area contributed by atoms with Crippen LogP contribution in [0, 0.1) is 10.1 Å². The maximum atomic E-state index is 11.5. The van der Waals surface area contributed by atoms with Gasteiger partial charge in [0.2, 0.25) is 0 Å². The van der Waals surface area contributed by atoms with Gasteiger partial charge >= 0.3 is 5.69 Å². The molecule has 0 atom stereocenters. The molecule has 0 bridgehead atoms. The van der Waals surface area contributed by atoms with E-state index in [1.54, 1.807) is 18.2 Å². The first-order valence-electron chi connectivity index (χ1n) is 9.86. The Hall–Kier alpha value is -4.13. The van der Waals surface area contributed by atoms with Crippen molar-refractivity contribution in [1.82, 2.24) is 4.98 Å². The summed E-state index contributed by atoms with van der Waals surface area (Å²) < 4.78 is 11.5. The fraction of sp³-hybridized carbons (Fsp3) is 0.125. The van der Waals surface area contributed by atoms with Gasteiger partial charge in [-0.15, -0.1) is 0 Å². The predicted molar refractivity (Wildman–Crippen MR) is 120 cm³/mol. The van der Waals surface area contributed by atoms with Crippen LogP contribution in [0.25, 0.3) is 10.9 Å². The van der Waals surface area contributed by atoms with E-state index < -0.39 is 4.92 Å². The Balaban J connectivity index is 1.49. The quantitative estimate of drug-likeness (QED) is 0.229. The van der Waals surface area contributed by atoms with Crippen LogP contribution in [0.3, 0.4) is 0 Å². The average Bonchev–Trinajstić information content (AvgIpc) is 2.81. The normalized spacial score (nSPS) is 10.6. The number of nitrogens with one attached hydrogen (secondary N) is 1.